The second kappa shape index (κ2) is 6.72. The molecular weight excluding hydrogens is 248 g/mol. The van der Waals surface area contributed by atoms with Gasteiger partial charge in [0.25, 0.3) is 0 Å². The molecule has 1 heterocycles. The summed E-state index contributed by atoms with van der Waals surface area (Å²) in [6.45, 7) is 5.47. The monoisotopic (exact) mass is 268 g/mol. The Morgan fingerprint density at radius 1 is 1.11 bits per heavy atom. The van der Waals surface area contributed by atoms with Crippen molar-refractivity contribution in [1.82, 2.24) is 20.3 Å². The Balaban J connectivity index is 2.90. The first kappa shape index (κ1) is 14.9. The third kappa shape index (κ3) is 4.57. The highest BCUT2D eigenvalue weighted by molar-refractivity contribution is 5.83. The quantitative estimate of drug-likeness (QED) is 0.679. The zero-order chi connectivity index (χ0) is 14.4. The molecule has 1 unspecified atom stereocenters. The van der Waals surface area contributed by atoms with Gasteiger partial charge in [-0.2, -0.15) is 15.0 Å². The first-order valence-corrected chi connectivity index (χ1v) is 6.04. The molecular formula is C11H20N6O2. The Morgan fingerprint density at radius 2 is 1.74 bits per heavy atom. The number of nitrogens with zero attached hydrogens (tertiary/aromatic N) is 3. The van der Waals surface area contributed by atoms with Gasteiger partial charge < -0.3 is 20.7 Å². The molecule has 0 aliphatic heterocycles. The molecule has 1 aromatic rings. The first-order valence-electron chi connectivity index (χ1n) is 6.04. The second-order valence-corrected chi connectivity index (χ2v) is 4.16. The van der Waals surface area contributed by atoms with E-state index in [0.717, 1.165) is 0 Å². The lowest BCUT2D eigenvalue weighted by Gasteiger charge is -2.14. The van der Waals surface area contributed by atoms with Crippen molar-refractivity contribution in [3.8, 4) is 6.01 Å². The Morgan fingerprint density at radius 3 is 2.26 bits per heavy atom. The van der Waals surface area contributed by atoms with Crippen LogP contribution >= 0.6 is 0 Å². The highest BCUT2D eigenvalue weighted by Crippen LogP contribution is 2.12. The SMILES string of the molecule is CNC(=O)C(C)Nc1nc(NC)nc(OC(C)C)n1. The highest BCUT2D eigenvalue weighted by atomic mass is 16.5. The third-order valence-corrected chi connectivity index (χ3v) is 2.16. The molecule has 0 saturated heterocycles. The minimum Gasteiger partial charge on any atom is -0.461 e. The number of hydrogen-bond donors (Lipinski definition) is 3. The second-order valence-electron chi connectivity index (χ2n) is 4.16. The van der Waals surface area contributed by atoms with Crippen molar-refractivity contribution in [2.75, 3.05) is 24.7 Å². The minimum atomic E-state index is -0.455. The van der Waals surface area contributed by atoms with Crippen LogP contribution in [0.2, 0.25) is 0 Å². The lowest BCUT2D eigenvalue weighted by atomic mass is 10.3. The fourth-order valence-electron chi connectivity index (χ4n) is 1.27. The molecule has 106 valence electrons. The topological polar surface area (TPSA) is 101 Å². The number of carbonyl (C=O) groups excluding carboxylic acids is 1. The van der Waals surface area contributed by atoms with Crippen LogP contribution in [0.3, 0.4) is 0 Å². The Bertz CT molecular complexity index is 437. The fourth-order valence-corrected chi connectivity index (χ4v) is 1.27. The largest absolute Gasteiger partial charge is 0.461 e. The van der Waals surface area contributed by atoms with E-state index in [4.69, 9.17) is 4.74 Å². The molecule has 19 heavy (non-hydrogen) atoms. The molecule has 0 bridgehead atoms. The summed E-state index contributed by atoms with van der Waals surface area (Å²) in [5.41, 5.74) is 0. The van der Waals surface area contributed by atoms with Gasteiger partial charge in [0.05, 0.1) is 6.10 Å². The van der Waals surface area contributed by atoms with E-state index in [2.05, 4.69) is 30.9 Å². The summed E-state index contributed by atoms with van der Waals surface area (Å²) in [6, 6.07) is -0.245. The van der Waals surface area contributed by atoms with E-state index in [9.17, 15) is 4.79 Å². The van der Waals surface area contributed by atoms with Gasteiger partial charge in [-0.3, -0.25) is 4.79 Å². The zero-order valence-corrected chi connectivity index (χ0v) is 11.8. The Hall–Kier alpha value is -2.12. The van der Waals surface area contributed by atoms with Crippen LogP contribution in [0.5, 0.6) is 6.01 Å². The number of aromatic nitrogens is 3. The molecule has 0 radical (unpaired) electrons. The molecule has 8 heteroatoms. The van der Waals surface area contributed by atoms with Crippen molar-refractivity contribution < 1.29 is 9.53 Å². The standard InChI is InChI=1S/C11H20N6O2/c1-6(2)19-11-16-9(13-5)15-10(17-11)14-7(3)8(18)12-4/h6-7H,1-5H3,(H,12,18)(H2,13,14,15,16,17). The molecule has 3 N–H and O–H groups in total. The zero-order valence-electron chi connectivity index (χ0n) is 11.8. The van der Waals surface area contributed by atoms with Crippen molar-refractivity contribution >= 4 is 17.8 Å². The van der Waals surface area contributed by atoms with Gasteiger partial charge >= 0.3 is 6.01 Å². The van der Waals surface area contributed by atoms with Crippen molar-refractivity contribution in [3.05, 3.63) is 0 Å². The van der Waals surface area contributed by atoms with E-state index in [-0.39, 0.29) is 24.0 Å². The van der Waals surface area contributed by atoms with Crippen molar-refractivity contribution in [2.45, 2.75) is 32.9 Å². The summed E-state index contributed by atoms with van der Waals surface area (Å²) < 4.78 is 5.42. The molecule has 0 aliphatic rings. The molecule has 1 atom stereocenters. The molecule has 0 aromatic carbocycles. The summed E-state index contributed by atoms with van der Waals surface area (Å²) in [4.78, 5) is 23.7. The van der Waals surface area contributed by atoms with Crippen LogP contribution in [-0.4, -0.2) is 47.1 Å². The van der Waals surface area contributed by atoms with Gasteiger partial charge in [0.15, 0.2) is 0 Å². The summed E-state index contributed by atoms with van der Waals surface area (Å²) in [5.74, 6) is 0.501. The fraction of sp³-hybridized carbons (Fsp3) is 0.636. The maximum Gasteiger partial charge on any atom is 0.323 e. The number of amides is 1. The van der Waals surface area contributed by atoms with Gasteiger partial charge in [-0.15, -0.1) is 0 Å². The number of hydrogen-bond acceptors (Lipinski definition) is 7. The molecule has 0 spiro atoms. The number of ether oxygens (including phenoxy) is 1. The maximum atomic E-state index is 11.4. The maximum absolute atomic E-state index is 11.4. The first-order chi connectivity index (χ1) is 8.96. The van der Waals surface area contributed by atoms with Crippen LogP contribution in [0.1, 0.15) is 20.8 Å². The van der Waals surface area contributed by atoms with Crippen molar-refractivity contribution in [3.63, 3.8) is 0 Å². The molecule has 1 aromatic heterocycles. The van der Waals surface area contributed by atoms with E-state index in [1.54, 1.807) is 21.0 Å². The van der Waals surface area contributed by atoms with Crippen molar-refractivity contribution in [2.24, 2.45) is 0 Å². The molecule has 8 nitrogen and oxygen atoms in total. The van der Waals surface area contributed by atoms with Crippen LogP contribution in [0.4, 0.5) is 11.9 Å². The normalized spacial score (nSPS) is 11.9. The summed E-state index contributed by atoms with van der Waals surface area (Å²) in [6.07, 6.45) is -0.0451. The van der Waals surface area contributed by atoms with Crippen molar-refractivity contribution in [1.29, 1.82) is 0 Å². The summed E-state index contributed by atoms with van der Waals surface area (Å²) in [5, 5.41) is 8.24. The van der Waals surface area contributed by atoms with Crippen LogP contribution in [0.15, 0.2) is 0 Å². The van der Waals surface area contributed by atoms with Gasteiger partial charge in [0.1, 0.15) is 6.04 Å². The minimum absolute atomic E-state index is 0.0451. The van der Waals surface area contributed by atoms with E-state index in [0.29, 0.717) is 5.95 Å². The third-order valence-electron chi connectivity index (χ3n) is 2.16. The van der Waals surface area contributed by atoms with Crippen LogP contribution in [0, 0.1) is 0 Å². The lowest BCUT2D eigenvalue weighted by Crippen LogP contribution is -2.35. The van der Waals surface area contributed by atoms with E-state index < -0.39 is 6.04 Å². The van der Waals surface area contributed by atoms with Gasteiger partial charge in [0.2, 0.25) is 17.8 Å². The summed E-state index contributed by atoms with van der Waals surface area (Å²) >= 11 is 0. The van der Waals surface area contributed by atoms with E-state index >= 15 is 0 Å². The number of carbonyl (C=O) groups is 1. The predicted molar refractivity (Wildman–Crippen MR) is 72.3 cm³/mol. The molecule has 1 rings (SSSR count). The van der Waals surface area contributed by atoms with Gasteiger partial charge in [-0.1, -0.05) is 0 Å². The smallest absolute Gasteiger partial charge is 0.323 e. The van der Waals surface area contributed by atoms with Gasteiger partial charge in [-0.25, -0.2) is 0 Å². The average molecular weight is 268 g/mol. The van der Waals surface area contributed by atoms with E-state index in [1.807, 2.05) is 13.8 Å². The Labute approximate surface area is 112 Å². The Kier molecular flexibility index (Phi) is 5.28. The van der Waals surface area contributed by atoms with E-state index in [1.165, 1.54) is 0 Å². The van der Waals surface area contributed by atoms with Gasteiger partial charge in [0, 0.05) is 14.1 Å². The summed E-state index contributed by atoms with van der Waals surface area (Å²) in [7, 11) is 3.26. The number of nitrogens with one attached hydrogen (secondary N) is 3. The highest BCUT2D eigenvalue weighted by Gasteiger charge is 2.14. The van der Waals surface area contributed by atoms with Crippen LogP contribution < -0.4 is 20.7 Å². The number of likely N-dealkylation sites (N-methyl/N-ethyl adjacent to an activating group) is 1. The van der Waals surface area contributed by atoms with Crippen LogP contribution in [-0.2, 0) is 4.79 Å². The van der Waals surface area contributed by atoms with Crippen LogP contribution in [0.25, 0.3) is 0 Å². The van der Waals surface area contributed by atoms with Gasteiger partial charge in [-0.05, 0) is 20.8 Å². The number of anilines is 2. The lowest BCUT2D eigenvalue weighted by molar-refractivity contribution is -0.121. The molecule has 0 fully saturated rings. The molecule has 1 amide bonds. The average Bonchev–Trinajstić information content (AvgIpc) is 2.36. The molecule has 0 aliphatic carbocycles. The number of rotatable bonds is 6. The predicted octanol–water partition coefficient (Wildman–Crippen LogP) is 0.247. The molecule has 0 saturated carbocycles.